The van der Waals surface area contributed by atoms with Crippen LogP contribution in [0.25, 0.3) is 0 Å². The minimum Gasteiger partial charge on any atom is -0.465 e. The monoisotopic (exact) mass is 436 g/mol. The first-order valence-electron chi connectivity index (χ1n) is 9.54. The maximum atomic E-state index is 12.9. The van der Waals surface area contributed by atoms with Crippen LogP contribution >= 0.6 is 0 Å². The Morgan fingerprint density at radius 3 is 2.40 bits per heavy atom. The molecule has 1 fully saturated rings. The SMILES string of the molecule is CCOC(=O)C1=C(C)N([C@H]2CCS(=O)(=O)C2)C(=O)N[C@@H]1c1ccc(C(=O)OC)cc1. The maximum absolute atomic E-state index is 12.9. The number of nitrogens with zero attached hydrogens (tertiary/aromatic N) is 1. The van der Waals surface area contributed by atoms with Gasteiger partial charge >= 0.3 is 18.0 Å². The summed E-state index contributed by atoms with van der Waals surface area (Å²) in [4.78, 5) is 38.7. The predicted octanol–water partition coefficient (Wildman–Crippen LogP) is 1.56. The molecule has 0 unspecified atom stereocenters. The number of hydrogen-bond donors (Lipinski definition) is 1. The smallest absolute Gasteiger partial charge is 0.338 e. The Morgan fingerprint density at radius 1 is 1.20 bits per heavy atom. The number of benzene rings is 1. The number of carbonyl (C=O) groups is 3. The van der Waals surface area contributed by atoms with E-state index >= 15 is 0 Å². The number of nitrogens with one attached hydrogen (secondary N) is 1. The molecule has 1 N–H and O–H groups in total. The Balaban J connectivity index is 2.02. The second-order valence-electron chi connectivity index (χ2n) is 7.14. The maximum Gasteiger partial charge on any atom is 0.338 e. The second-order valence-corrected chi connectivity index (χ2v) is 9.37. The zero-order chi connectivity index (χ0) is 22.1. The van der Waals surface area contributed by atoms with E-state index in [1.165, 1.54) is 12.0 Å². The molecule has 9 nitrogen and oxygen atoms in total. The Kier molecular flexibility index (Phi) is 6.16. The summed E-state index contributed by atoms with van der Waals surface area (Å²) in [6, 6.07) is 4.52. The first-order valence-corrected chi connectivity index (χ1v) is 11.4. The van der Waals surface area contributed by atoms with E-state index in [4.69, 9.17) is 4.74 Å². The lowest BCUT2D eigenvalue weighted by Gasteiger charge is -2.38. The molecular formula is C20H24N2O7S. The molecule has 2 aliphatic rings. The number of urea groups is 1. The average Bonchev–Trinajstić information content (AvgIpc) is 3.06. The molecule has 0 bridgehead atoms. The summed E-state index contributed by atoms with van der Waals surface area (Å²) in [6.45, 7) is 3.44. The van der Waals surface area contributed by atoms with Crippen LogP contribution in [0.2, 0.25) is 0 Å². The number of carbonyl (C=O) groups excluding carboxylic acids is 3. The molecule has 2 heterocycles. The topological polar surface area (TPSA) is 119 Å². The molecule has 2 atom stereocenters. The fourth-order valence-corrected chi connectivity index (χ4v) is 5.53. The van der Waals surface area contributed by atoms with Crippen LogP contribution in [0.3, 0.4) is 0 Å². The highest BCUT2D eigenvalue weighted by Crippen LogP contribution is 2.34. The van der Waals surface area contributed by atoms with E-state index in [-0.39, 0.29) is 23.7 Å². The van der Waals surface area contributed by atoms with Gasteiger partial charge in [-0.3, -0.25) is 4.90 Å². The first kappa shape index (κ1) is 21.8. The van der Waals surface area contributed by atoms with E-state index in [9.17, 15) is 22.8 Å². The molecule has 3 rings (SSSR count). The lowest BCUT2D eigenvalue weighted by molar-refractivity contribution is -0.139. The van der Waals surface area contributed by atoms with E-state index in [1.54, 1.807) is 38.1 Å². The third-order valence-corrected chi connectivity index (χ3v) is 7.01. The van der Waals surface area contributed by atoms with Crippen molar-refractivity contribution in [2.24, 2.45) is 0 Å². The van der Waals surface area contributed by atoms with Crippen LogP contribution in [0.5, 0.6) is 0 Å². The quantitative estimate of drug-likeness (QED) is 0.696. The van der Waals surface area contributed by atoms with Gasteiger partial charge in [-0.25, -0.2) is 22.8 Å². The minimum absolute atomic E-state index is 0.00187. The summed E-state index contributed by atoms with van der Waals surface area (Å²) in [5, 5.41) is 2.79. The number of sulfone groups is 1. The van der Waals surface area contributed by atoms with E-state index < -0.39 is 39.9 Å². The van der Waals surface area contributed by atoms with E-state index in [0.29, 0.717) is 23.2 Å². The number of rotatable bonds is 5. The lowest BCUT2D eigenvalue weighted by Crippen LogP contribution is -2.52. The Bertz CT molecular complexity index is 998. The first-order chi connectivity index (χ1) is 14.2. The highest BCUT2D eigenvalue weighted by molar-refractivity contribution is 7.91. The van der Waals surface area contributed by atoms with Crippen molar-refractivity contribution in [3.05, 3.63) is 46.7 Å². The van der Waals surface area contributed by atoms with Gasteiger partial charge in [0.2, 0.25) is 0 Å². The van der Waals surface area contributed by atoms with E-state index in [1.807, 2.05) is 0 Å². The van der Waals surface area contributed by atoms with Gasteiger partial charge in [0, 0.05) is 5.70 Å². The fourth-order valence-electron chi connectivity index (χ4n) is 3.83. The van der Waals surface area contributed by atoms with Crippen molar-refractivity contribution in [1.82, 2.24) is 10.2 Å². The molecule has 30 heavy (non-hydrogen) atoms. The Morgan fingerprint density at radius 2 is 1.87 bits per heavy atom. The molecule has 10 heteroatoms. The number of esters is 2. The number of methoxy groups -OCH3 is 1. The molecule has 0 spiro atoms. The summed E-state index contributed by atoms with van der Waals surface area (Å²) in [6.07, 6.45) is 0.307. The predicted molar refractivity (Wildman–Crippen MR) is 107 cm³/mol. The molecule has 0 aromatic heterocycles. The summed E-state index contributed by atoms with van der Waals surface area (Å²) >= 11 is 0. The standard InChI is InChI=1S/C20H24N2O7S/c1-4-29-19(24)16-12(2)22(15-9-10-30(26,27)11-15)20(25)21-17(16)13-5-7-14(8-6-13)18(23)28-3/h5-8,15,17H,4,9-11H2,1-3H3,(H,21,25)/t15-,17+/m0/s1. The van der Waals surface area contributed by atoms with Gasteiger partial charge < -0.3 is 14.8 Å². The van der Waals surface area contributed by atoms with Gasteiger partial charge in [0.15, 0.2) is 9.84 Å². The van der Waals surface area contributed by atoms with E-state index in [2.05, 4.69) is 10.1 Å². The van der Waals surface area contributed by atoms with Gasteiger partial charge in [0.1, 0.15) is 0 Å². The van der Waals surface area contributed by atoms with Crippen molar-refractivity contribution >= 4 is 27.8 Å². The molecule has 162 valence electrons. The minimum atomic E-state index is -3.22. The Labute approximate surface area is 174 Å². The third-order valence-electron chi connectivity index (χ3n) is 5.26. The van der Waals surface area contributed by atoms with Gasteiger partial charge in [-0.05, 0) is 38.0 Å². The normalized spacial score (nSPS) is 23.2. The summed E-state index contributed by atoms with van der Waals surface area (Å²) in [7, 11) is -1.95. The number of allylic oxidation sites excluding steroid dienone is 1. The summed E-state index contributed by atoms with van der Waals surface area (Å²) in [5.74, 6) is -1.24. The molecule has 1 saturated heterocycles. The van der Waals surface area contributed by atoms with Crippen LogP contribution in [-0.4, -0.2) is 62.6 Å². The molecule has 0 saturated carbocycles. The average molecular weight is 436 g/mol. The zero-order valence-electron chi connectivity index (χ0n) is 17.0. The van der Waals surface area contributed by atoms with Gasteiger partial charge in [-0.15, -0.1) is 0 Å². The molecular weight excluding hydrogens is 412 g/mol. The van der Waals surface area contributed by atoms with Crippen LogP contribution in [0.4, 0.5) is 4.79 Å². The molecule has 2 aliphatic heterocycles. The van der Waals surface area contributed by atoms with Crippen molar-refractivity contribution in [2.45, 2.75) is 32.4 Å². The number of hydrogen-bond acceptors (Lipinski definition) is 7. The van der Waals surface area contributed by atoms with Gasteiger partial charge in [0.25, 0.3) is 0 Å². The summed E-state index contributed by atoms with van der Waals surface area (Å²) in [5.41, 5.74) is 1.50. The van der Waals surface area contributed by atoms with Crippen molar-refractivity contribution in [1.29, 1.82) is 0 Å². The van der Waals surface area contributed by atoms with Crippen LogP contribution in [0.15, 0.2) is 35.5 Å². The largest absolute Gasteiger partial charge is 0.465 e. The van der Waals surface area contributed by atoms with Gasteiger partial charge in [-0.1, -0.05) is 12.1 Å². The van der Waals surface area contributed by atoms with Crippen molar-refractivity contribution < 1.29 is 32.3 Å². The molecule has 0 aliphatic carbocycles. The van der Waals surface area contributed by atoms with E-state index in [0.717, 1.165) is 0 Å². The highest BCUT2D eigenvalue weighted by Gasteiger charge is 2.42. The molecule has 1 aromatic carbocycles. The number of ether oxygens (including phenoxy) is 2. The van der Waals surface area contributed by atoms with Crippen LogP contribution in [0.1, 0.15) is 42.2 Å². The molecule has 2 amide bonds. The van der Waals surface area contributed by atoms with Crippen molar-refractivity contribution in [3.63, 3.8) is 0 Å². The van der Waals surface area contributed by atoms with Crippen molar-refractivity contribution in [3.8, 4) is 0 Å². The van der Waals surface area contributed by atoms with Crippen LogP contribution in [-0.2, 0) is 24.1 Å². The molecule has 1 aromatic rings. The third kappa shape index (κ3) is 4.18. The zero-order valence-corrected chi connectivity index (χ0v) is 17.8. The number of amides is 2. The van der Waals surface area contributed by atoms with Gasteiger partial charge in [-0.2, -0.15) is 0 Å². The summed E-state index contributed by atoms with van der Waals surface area (Å²) < 4.78 is 33.7. The van der Waals surface area contributed by atoms with Crippen LogP contribution in [0, 0.1) is 0 Å². The Hall–Kier alpha value is -2.88. The van der Waals surface area contributed by atoms with Gasteiger partial charge in [0.05, 0.1) is 48.4 Å². The highest BCUT2D eigenvalue weighted by atomic mass is 32.2. The van der Waals surface area contributed by atoms with Crippen molar-refractivity contribution in [2.75, 3.05) is 25.2 Å². The van der Waals surface area contributed by atoms with Crippen LogP contribution < -0.4 is 5.32 Å². The fraction of sp³-hybridized carbons (Fsp3) is 0.450. The second kappa shape index (κ2) is 8.47. The lowest BCUT2D eigenvalue weighted by atomic mass is 9.93. The molecule has 0 radical (unpaired) electrons.